The van der Waals surface area contributed by atoms with Crippen LogP contribution in [0.5, 0.6) is 0 Å². The molecular formula is C16H22BrFN2. The van der Waals surface area contributed by atoms with Gasteiger partial charge in [0.25, 0.3) is 0 Å². The molecule has 0 spiro atoms. The van der Waals surface area contributed by atoms with E-state index in [4.69, 9.17) is 5.73 Å². The molecule has 4 heteroatoms. The highest BCUT2D eigenvalue weighted by molar-refractivity contribution is 9.10. The summed E-state index contributed by atoms with van der Waals surface area (Å²) in [6.45, 7) is 0. The van der Waals surface area contributed by atoms with E-state index >= 15 is 0 Å². The monoisotopic (exact) mass is 340 g/mol. The highest BCUT2D eigenvalue weighted by Gasteiger charge is 2.40. The highest BCUT2D eigenvalue weighted by Crippen LogP contribution is 2.39. The predicted octanol–water partition coefficient (Wildman–Crippen LogP) is 3.33. The summed E-state index contributed by atoms with van der Waals surface area (Å²) >= 11 is 3.50. The number of benzene rings is 1. The van der Waals surface area contributed by atoms with E-state index in [-0.39, 0.29) is 11.9 Å². The number of hydrogen-bond donors (Lipinski definition) is 1. The molecule has 0 aromatic heterocycles. The normalized spacial score (nSPS) is 31.5. The summed E-state index contributed by atoms with van der Waals surface area (Å²) in [7, 11) is 2.24. The van der Waals surface area contributed by atoms with Crippen molar-refractivity contribution in [2.75, 3.05) is 7.05 Å². The van der Waals surface area contributed by atoms with Gasteiger partial charge in [-0.2, -0.15) is 0 Å². The minimum Gasteiger partial charge on any atom is -0.327 e. The van der Waals surface area contributed by atoms with E-state index in [1.165, 1.54) is 31.7 Å². The third-order valence-electron chi connectivity index (χ3n) is 5.20. The van der Waals surface area contributed by atoms with Crippen LogP contribution in [-0.2, 0) is 6.42 Å². The van der Waals surface area contributed by atoms with Gasteiger partial charge in [0.1, 0.15) is 5.82 Å². The van der Waals surface area contributed by atoms with E-state index < -0.39 is 0 Å². The van der Waals surface area contributed by atoms with Crippen molar-refractivity contribution in [1.82, 2.24) is 4.90 Å². The Balaban J connectivity index is 1.68. The standard InChI is InChI=1S/C16H22BrFN2/c1-20-13-3-4-14(20)8-11(7-13)16(19)9-10-6-12(18)2-5-15(10)17/h2,5-6,11,13-14,16H,3-4,7-9,19H2,1H3. The van der Waals surface area contributed by atoms with Crippen LogP contribution in [0.25, 0.3) is 0 Å². The van der Waals surface area contributed by atoms with Gasteiger partial charge in [0, 0.05) is 22.6 Å². The minimum atomic E-state index is -0.182. The van der Waals surface area contributed by atoms with Crippen LogP contribution in [0, 0.1) is 11.7 Å². The molecule has 20 heavy (non-hydrogen) atoms. The van der Waals surface area contributed by atoms with Crippen molar-refractivity contribution in [1.29, 1.82) is 0 Å². The molecule has 2 bridgehead atoms. The Morgan fingerprint density at radius 1 is 1.35 bits per heavy atom. The number of rotatable bonds is 3. The molecule has 2 aliphatic heterocycles. The van der Waals surface area contributed by atoms with Crippen LogP contribution in [0.15, 0.2) is 22.7 Å². The van der Waals surface area contributed by atoms with Gasteiger partial charge in [-0.25, -0.2) is 4.39 Å². The summed E-state index contributed by atoms with van der Waals surface area (Å²) < 4.78 is 14.3. The second kappa shape index (κ2) is 5.74. The second-order valence-electron chi connectivity index (χ2n) is 6.39. The maximum atomic E-state index is 13.4. The van der Waals surface area contributed by atoms with Crippen LogP contribution < -0.4 is 5.73 Å². The number of nitrogens with zero attached hydrogens (tertiary/aromatic N) is 1. The van der Waals surface area contributed by atoms with E-state index in [0.29, 0.717) is 18.0 Å². The summed E-state index contributed by atoms with van der Waals surface area (Å²) in [5, 5.41) is 0. The molecule has 3 unspecified atom stereocenters. The summed E-state index contributed by atoms with van der Waals surface area (Å²) in [5.41, 5.74) is 7.42. The van der Waals surface area contributed by atoms with E-state index in [1.54, 1.807) is 12.1 Å². The molecule has 2 saturated heterocycles. The first-order chi connectivity index (χ1) is 9.54. The molecule has 3 rings (SSSR count). The van der Waals surface area contributed by atoms with Gasteiger partial charge in [-0.1, -0.05) is 15.9 Å². The van der Waals surface area contributed by atoms with Gasteiger partial charge in [-0.05, 0) is 68.8 Å². The largest absolute Gasteiger partial charge is 0.327 e. The average Bonchev–Trinajstić information content (AvgIpc) is 2.65. The lowest BCUT2D eigenvalue weighted by Gasteiger charge is -2.38. The molecule has 1 aromatic rings. The fraction of sp³-hybridized carbons (Fsp3) is 0.625. The summed E-state index contributed by atoms with van der Waals surface area (Å²) in [6.07, 6.45) is 5.77. The molecular weight excluding hydrogens is 319 g/mol. The quantitative estimate of drug-likeness (QED) is 0.914. The molecule has 0 aliphatic carbocycles. The Morgan fingerprint density at radius 3 is 2.65 bits per heavy atom. The molecule has 2 heterocycles. The molecule has 3 atom stereocenters. The van der Waals surface area contributed by atoms with Crippen molar-refractivity contribution in [3.63, 3.8) is 0 Å². The van der Waals surface area contributed by atoms with Crippen molar-refractivity contribution in [3.8, 4) is 0 Å². The van der Waals surface area contributed by atoms with Crippen LogP contribution >= 0.6 is 15.9 Å². The van der Waals surface area contributed by atoms with Crippen LogP contribution in [0.2, 0.25) is 0 Å². The van der Waals surface area contributed by atoms with Crippen molar-refractivity contribution in [2.45, 2.75) is 50.2 Å². The van der Waals surface area contributed by atoms with Crippen molar-refractivity contribution < 1.29 is 4.39 Å². The van der Waals surface area contributed by atoms with Gasteiger partial charge in [0.2, 0.25) is 0 Å². The Hall–Kier alpha value is -0.450. The van der Waals surface area contributed by atoms with Crippen LogP contribution in [-0.4, -0.2) is 30.1 Å². The van der Waals surface area contributed by atoms with Crippen LogP contribution in [0.3, 0.4) is 0 Å². The van der Waals surface area contributed by atoms with Gasteiger partial charge < -0.3 is 10.6 Å². The lowest BCUT2D eigenvalue weighted by Crippen LogP contribution is -2.46. The molecule has 2 fully saturated rings. The highest BCUT2D eigenvalue weighted by atomic mass is 79.9. The van der Waals surface area contributed by atoms with E-state index in [9.17, 15) is 4.39 Å². The molecule has 0 radical (unpaired) electrons. The maximum absolute atomic E-state index is 13.4. The zero-order chi connectivity index (χ0) is 14.3. The van der Waals surface area contributed by atoms with Crippen LogP contribution in [0.1, 0.15) is 31.2 Å². The Morgan fingerprint density at radius 2 is 2.00 bits per heavy atom. The molecule has 110 valence electrons. The number of halogens is 2. The first-order valence-corrected chi connectivity index (χ1v) is 8.25. The third kappa shape index (κ3) is 2.78. The molecule has 1 aromatic carbocycles. The van der Waals surface area contributed by atoms with Gasteiger partial charge in [-0.3, -0.25) is 0 Å². The number of piperidine rings is 1. The number of fused-ring (bicyclic) bond motifs is 2. The first kappa shape index (κ1) is 14.5. The number of hydrogen-bond acceptors (Lipinski definition) is 2. The van der Waals surface area contributed by atoms with Crippen molar-refractivity contribution in [2.24, 2.45) is 11.7 Å². The van der Waals surface area contributed by atoms with Gasteiger partial charge >= 0.3 is 0 Å². The van der Waals surface area contributed by atoms with Crippen molar-refractivity contribution in [3.05, 3.63) is 34.1 Å². The third-order valence-corrected chi connectivity index (χ3v) is 5.98. The zero-order valence-corrected chi connectivity index (χ0v) is 13.4. The van der Waals surface area contributed by atoms with Crippen LogP contribution in [0.4, 0.5) is 4.39 Å². The van der Waals surface area contributed by atoms with Gasteiger partial charge in [-0.15, -0.1) is 0 Å². The van der Waals surface area contributed by atoms with E-state index in [0.717, 1.165) is 16.5 Å². The lowest BCUT2D eigenvalue weighted by molar-refractivity contribution is 0.120. The van der Waals surface area contributed by atoms with Gasteiger partial charge in [0.15, 0.2) is 0 Å². The molecule has 2 aliphatic rings. The van der Waals surface area contributed by atoms with E-state index in [1.807, 2.05) is 0 Å². The second-order valence-corrected chi connectivity index (χ2v) is 7.24. The Kier molecular flexibility index (Phi) is 4.16. The SMILES string of the molecule is CN1C2CCC1CC(C(N)Cc1cc(F)ccc1Br)C2. The minimum absolute atomic E-state index is 0.130. The van der Waals surface area contributed by atoms with Gasteiger partial charge in [0.05, 0.1) is 0 Å². The summed E-state index contributed by atoms with van der Waals surface area (Å²) in [5.74, 6) is 0.387. The van der Waals surface area contributed by atoms with Crippen molar-refractivity contribution >= 4 is 15.9 Å². The fourth-order valence-corrected chi connectivity index (χ4v) is 4.33. The zero-order valence-electron chi connectivity index (χ0n) is 11.9. The smallest absolute Gasteiger partial charge is 0.123 e. The molecule has 0 amide bonds. The predicted molar refractivity (Wildman–Crippen MR) is 83.1 cm³/mol. The first-order valence-electron chi connectivity index (χ1n) is 7.46. The fourth-order valence-electron chi connectivity index (χ4n) is 3.92. The maximum Gasteiger partial charge on any atom is 0.123 e. The molecule has 0 saturated carbocycles. The lowest BCUT2D eigenvalue weighted by atomic mass is 9.83. The molecule has 2 nitrogen and oxygen atoms in total. The van der Waals surface area contributed by atoms with E-state index in [2.05, 4.69) is 27.9 Å². The summed E-state index contributed by atoms with van der Waals surface area (Å²) in [4.78, 5) is 2.53. The topological polar surface area (TPSA) is 29.3 Å². The average molecular weight is 341 g/mol. The summed E-state index contributed by atoms with van der Waals surface area (Å²) in [6, 6.07) is 6.41. The Labute approximate surface area is 128 Å². The molecule has 2 N–H and O–H groups in total. The Bertz CT molecular complexity index is 479. The number of nitrogens with two attached hydrogens (primary N) is 1.